The molecule has 0 saturated carbocycles. The number of fused-ring (bicyclic) bond motifs is 1. The van der Waals surface area contributed by atoms with Crippen molar-refractivity contribution >= 4 is 63.9 Å². The highest BCUT2D eigenvalue weighted by atomic mass is 35.5. The molecule has 0 spiro atoms. The monoisotopic (exact) mass is 529 g/mol. The number of para-hydroxylation sites is 1. The van der Waals surface area contributed by atoms with Crippen molar-refractivity contribution in [3.05, 3.63) is 123 Å². The van der Waals surface area contributed by atoms with E-state index in [1.54, 1.807) is 60.7 Å². The van der Waals surface area contributed by atoms with Gasteiger partial charge < -0.3 is 10.6 Å². The molecule has 1 heterocycles. The van der Waals surface area contributed by atoms with Crippen LogP contribution in [0.15, 0.2) is 91.0 Å². The van der Waals surface area contributed by atoms with Crippen LogP contribution in [0.25, 0.3) is 0 Å². The molecule has 0 saturated heterocycles. The summed E-state index contributed by atoms with van der Waals surface area (Å²) in [6.07, 6.45) is 0. The van der Waals surface area contributed by atoms with Gasteiger partial charge in [-0.25, -0.2) is 4.90 Å². The molecule has 2 N–H and O–H groups in total. The quantitative estimate of drug-likeness (QED) is 0.296. The van der Waals surface area contributed by atoms with E-state index < -0.39 is 23.6 Å². The number of nitrogens with zero attached hydrogens (tertiary/aromatic N) is 1. The number of nitrogens with one attached hydrogen (secondary N) is 2. The molecule has 1 aliphatic rings. The Kier molecular flexibility index (Phi) is 6.48. The van der Waals surface area contributed by atoms with Crippen LogP contribution >= 0.6 is 23.2 Å². The molecule has 0 atom stereocenters. The molecule has 0 bridgehead atoms. The molecule has 5 rings (SSSR count). The summed E-state index contributed by atoms with van der Waals surface area (Å²) in [5, 5.41) is 6.52. The summed E-state index contributed by atoms with van der Waals surface area (Å²) in [4.78, 5) is 53.3. The molecule has 0 unspecified atom stereocenters. The highest BCUT2D eigenvalue weighted by Crippen LogP contribution is 2.32. The number of rotatable bonds is 5. The van der Waals surface area contributed by atoms with Gasteiger partial charge in [0.2, 0.25) is 0 Å². The number of halogens is 2. The van der Waals surface area contributed by atoms with Gasteiger partial charge in [-0.2, -0.15) is 0 Å². The Morgan fingerprint density at radius 3 is 1.78 bits per heavy atom. The molecule has 37 heavy (non-hydrogen) atoms. The maximum Gasteiger partial charge on any atom is 0.266 e. The normalized spacial score (nSPS) is 12.3. The van der Waals surface area contributed by atoms with Crippen LogP contribution < -0.4 is 15.5 Å². The van der Waals surface area contributed by atoms with Crippen molar-refractivity contribution in [3.63, 3.8) is 0 Å². The molecule has 0 radical (unpaired) electrons. The molecular formula is C28H17Cl2N3O4. The zero-order valence-corrected chi connectivity index (χ0v) is 20.5. The van der Waals surface area contributed by atoms with Crippen molar-refractivity contribution in [1.82, 2.24) is 0 Å². The fourth-order valence-electron chi connectivity index (χ4n) is 3.93. The first-order chi connectivity index (χ1) is 17.8. The number of amides is 4. The van der Waals surface area contributed by atoms with Crippen LogP contribution in [0, 0.1) is 0 Å². The third kappa shape index (κ3) is 4.82. The minimum Gasteiger partial charge on any atom is -0.322 e. The molecule has 4 aromatic carbocycles. The van der Waals surface area contributed by atoms with E-state index in [0.29, 0.717) is 21.4 Å². The van der Waals surface area contributed by atoms with Gasteiger partial charge in [-0.3, -0.25) is 19.2 Å². The minimum absolute atomic E-state index is 0.0710. The molecule has 0 fully saturated rings. The number of hydrogen-bond donors (Lipinski definition) is 2. The molecule has 182 valence electrons. The highest BCUT2D eigenvalue weighted by Gasteiger charge is 2.38. The van der Waals surface area contributed by atoms with E-state index in [1.807, 2.05) is 0 Å². The van der Waals surface area contributed by atoms with E-state index in [2.05, 4.69) is 10.6 Å². The average molecular weight is 530 g/mol. The minimum atomic E-state index is -0.632. The lowest BCUT2D eigenvalue weighted by atomic mass is 10.1. The number of carbonyl (C=O) groups is 4. The van der Waals surface area contributed by atoms with Gasteiger partial charge in [0.05, 0.1) is 22.4 Å². The largest absolute Gasteiger partial charge is 0.322 e. The Morgan fingerprint density at radius 2 is 1.16 bits per heavy atom. The molecule has 0 aliphatic carbocycles. The SMILES string of the molecule is O=C(Nc1ccc(Cl)cc1)c1ccc2c(c1)C(=O)N(c1ccccc1C(=O)Nc1ccc(Cl)cc1)C2=O. The second-order valence-corrected chi connectivity index (χ2v) is 9.02. The van der Waals surface area contributed by atoms with Crippen LogP contribution in [0.5, 0.6) is 0 Å². The predicted octanol–water partition coefficient (Wildman–Crippen LogP) is 6.30. The van der Waals surface area contributed by atoms with E-state index in [9.17, 15) is 19.2 Å². The zero-order valence-electron chi connectivity index (χ0n) is 19.0. The number of hydrogen-bond acceptors (Lipinski definition) is 4. The smallest absolute Gasteiger partial charge is 0.266 e. The van der Waals surface area contributed by atoms with Gasteiger partial charge in [-0.1, -0.05) is 35.3 Å². The Bertz CT molecular complexity index is 1570. The third-order valence-corrected chi connectivity index (χ3v) is 6.25. The average Bonchev–Trinajstić information content (AvgIpc) is 3.15. The summed E-state index contributed by atoms with van der Waals surface area (Å²) in [6.45, 7) is 0. The standard InChI is InChI=1S/C28H17Cl2N3O4/c29-17-6-10-19(11-7-17)31-25(34)16-5-14-21-23(15-16)28(37)33(27(21)36)24-4-2-1-3-22(24)26(35)32-20-12-8-18(30)9-13-20/h1-15H,(H,31,34)(H,32,35). The van der Waals surface area contributed by atoms with Gasteiger partial charge in [0, 0.05) is 27.0 Å². The Balaban J connectivity index is 1.42. The van der Waals surface area contributed by atoms with Gasteiger partial charge in [0.25, 0.3) is 23.6 Å². The lowest BCUT2D eigenvalue weighted by molar-refractivity contribution is 0.0925. The first kappa shape index (κ1) is 24.2. The van der Waals surface area contributed by atoms with E-state index in [1.165, 1.54) is 30.3 Å². The molecule has 4 amide bonds. The second-order valence-electron chi connectivity index (χ2n) is 8.15. The summed E-state index contributed by atoms with van der Waals surface area (Å²) >= 11 is 11.8. The van der Waals surface area contributed by atoms with Gasteiger partial charge >= 0.3 is 0 Å². The summed E-state index contributed by atoms with van der Waals surface area (Å²) in [7, 11) is 0. The summed E-state index contributed by atoms with van der Waals surface area (Å²) in [5.41, 5.74) is 1.70. The molecule has 1 aliphatic heterocycles. The molecule has 9 heteroatoms. The van der Waals surface area contributed by atoms with Crippen molar-refractivity contribution in [2.45, 2.75) is 0 Å². The van der Waals surface area contributed by atoms with Crippen LogP contribution in [0.2, 0.25) is 10.0 Å². The Hall–Kier alpha value is -4.46. The molecule has 7 nitrogen and oxygen atoms in total. The summed E-state index contributed by atoms with van der Waals surface area (Å²) < 4.78 is 0. The number of anilines is 3. The van der Waals surface area contributed by atoms with Gasteiger partial charge in [-0.15, -0.1) is 0 Å². The molecular weight excluding hydrogens is 513 g/mol. The van der Waals surface area contributed by atoms with Crippen LogP contribution in [0.1, 0.15) is 41.4 Å². The van der Waals surface area contributed by atoms with Crippen LogP contribution in [-0.2, 0) is 0 Å². The second kappa shape index (κ2) is 9.89. The highest BCUT2D eigenvalue weighted by molar-refractivity contribution is 6.36. The zero-order chi connectivity index (χ0) is 26.1. The van der Waals surface area contributed by atoms with Gasteiger partial charge in [-0.05, 0) is 78.9 Å². The molecule has 0 aromatic heterocycles. The lowest BCUT2D eigenvalue weighted by Gasteiger charge is -2.18. The van der Waals surface area contributed by atoms with Crippen molar-refractivity contribution < 1.29 is 19.2 Å². The fraction of sp³-hybridized carbons (Fsp3) is 0. The predicted molar refractivity (Wildman–Crippen MR) is 143 cm³/mol. The van der Waals surface area contributed by atoms with Gasteiger partial charge in [0.15, 0.2) is 0 Å². The fourth-order valence-corrected chi connectivity index (χ4v) is 4.18. The van der Waals surface area contributed by atoms with Crippen molar-refractivity contribution in [2.24, 2.45) is 0 Å². The maximum atomic E-state index is 13.4. The Morgan fingerprint density at radius 1 is 0.622 bits per heavy atom. The van der Waals surface area contributed by atoms with Crippen molar-refractivity contribution in [3.8, 4) is 0 Å². The van der Waals surface area contributed by atoms with Crippen LogP contribution in [-0.4, -0.2) is 23.6 Å². The lowest BCUT2D eigenvalue weighted by Crippen LogP contribution is -2.31. The van der Waals surface area contributed by atoms with Gasteiger partial charge in [0.1, 0.15) is 0 Å². The van der Waals surface area contributed by atoms with E-state index in [4.69, 9.17) is 23.2 Å². The third-order valence-electron chi connectivity index (χ3n) is 5.74. The van der Waals surface area contributed by atoms with Crippen molar-refractivity contribution in [1.29, 1.82) is 0 Å². The first-order valence-electron chi connectivity index (χ1n) is 11.1. The molecule has 4 aromatic rings. The van der Waals surface area contributed by atoms with E-state index in [-0.39, 0.29) is 27.9 Å². The maximum absolute atomic E-state index is 13.4. The summed E-state index contributed by atoms with van der Waals surface area (Å²) in [6, 6.07) is 23.7. The number of imide groups is 1. The first-order valence-corrected chi connectivity index (χ1v) is 11.8. The van der Waals surface area contributed by atoms with Crippen LogP contribution in [0.4, 0.5) is 17.1 Å². The van der Waals surface area contributed by atoms with E-state index >= 15 is 0 Å². The number of carbonyl (C=O) groups excluding carboxylic acids is 4. The number of benzene rings is 4. The van der Waals surface area contributed by atoms with E-state index in [0.717, 1.165) is 4.90 Å². The van der Waals surface area contributed by atoms with Crippen molar-refractivity contribution in [2.75, 3.05) is 15.5 Å². The Labute approximate surface area is 221 Å². The topological polar surface area (TPSA) is 95.6 Å². The summed E-state index contributed by atoms with van der Waals surface area (Å²) in [5.74, 6) is -2.17. The van der Waals surface area contributed by atoms with Crippen LogP contribution in [0.3, 0.4) is 0 Å².